The predicted molar refractivity (Wildman–Crippen MR) is 122 cm³/mol. The van der Waals surface area contributed by atoms with E-state index in [-0.39, 0.29) is 17.1 Å². The van der Waals surface area contributed by atoms with Gasteiger partial charge in [0.05, 0.1) is 23.6 Å². The molecule has 4 aromatic rings. The fourth-order valence-corrected chi connectivity index (χ4v) is 4.15. The lowest BCUT2D eigenvalue weighted by Gasteiger charge is -2.24. The molecule has 160 valence electrons. The van der Waals surface area contributed by atoms with Gasteiger partial charge in [0.2, 0.25) is 5.76 Å². The molecular formula is C26H22N2O4. The maximum absolute atomic E-state index is 13.6. The predicted octanol–water partition coefficient (Wildman–Crippen LogP) is 4.95. The molecule has 0 spiro atoms. The van der Waals surface area contributed by atoms with Crippen LogP contribution in [0.3, 0.4) is 0 Å². The summed E-state index contributed by atoms with van der Waals surface area (Å²) < 4.78 is 11.6. The minimum Gasteiger partial charge on any atom is -0.494 e. The number of ether oxygens (including phenoxy) is 1. The standard InChI is InChI=1S/C26H22N2O4/c1-4-31-18-9-7-17(8-10-18)23-22-24(29)19-13-15(2)5-11-20(19)32-25(22)26(30)28(23)21-12-6-16(3)14-27-21/h5-14,23H,4H2,1-3H3. The summed E-state index contributed by atoms with van der Waals surface area (Å²) in [5.41, 5.74) is 3.24. The van der Waals surface area contributed by atoms with Crippen LogP contribution in [-0.2, 0) is 0 Å². The number of carbonyl (C=O) groups is 1. The van der Waals surface area contributed by atoms with Crippen LogP contribution in [0, 0.1) is 13.8 Å². The fraction of sp³-hybridized carbons (Fsp3) is 0.192. The first kappa shape index (κ1) is 20.0. The van der Waals surface area contributed by atoms with E-state index in [1.54, 1.807) is 24.4 Å². The van der Waals surface area contributed by atoms with E-state index in [1.165, 1.54) is 4.90 Å². The molecule has 1 aliphatic heterocycles. The summed E-state index contributed by atoms with van der Waals surface area (Å²) in [6.45, 7) is 6.33. The van der Waals surface area contributed by atoms with Crippen molar-refractivity contribution in [1.82, 2.24) is 4.98 Å². The highest BCUT2D eigenvalue weighted by atomic mass is 16.5. The van der Waals surface area contributed by atoms with Gasteiger partial charge in [0, 0.05) is 6.20 Å². The highest BCUT2D eigenvalue weighted by Crippen LogP contribution is 2.41. The number of aromatic nitrogens is 1. The summed E-state index contributed by atoms with van der Waals surface area (Å²) in [6, 6.07) is 15.9. The number of hydrogen-bond acceptors (Lipinski definition) is 5. The van der Waals surface area contributed by atoms with Gasteiger partial charge < -0.3 is 9.15 Å². The smallest absolute Gasteiger partial charge is 0.296 e. The summed E-state index contributed by atoms with van der Waals surface area (Å²) in [5, 5.41) is 0.464. The Balaban J connectivity index is 1.76. The van der Waals surface area contributed by atoms with Crippen molar-refractivity contribution in [1.29, 1.82) is 0 Å². The van der Waals surface area contributed by atoms with Crippen LogP contribution < -0.4 is 15.1 Å². The van der Waals surface area contributed by atoms with Gasteiger partial charge >= 0.3 is 0 Å². The summed E-state index contributed by atoms with van der Waals surface area (Å²) >= 11 is 0. The number of carbonyl (C=O) groups excluding carboxylic acids is 1. The Kier molecular flexibility index (Phi) is 4.78. The van der Waals surface area contributed by atoms with Gasteiger partial charge in [0.25, 0.3) is 5.91 Å². The first-order valence-corrected chi connectivity index (χ1v) is 10.5. The lowest BCUT2D eigenvalue weighted by atomic mass is 9.98. The van der Waals surface area contributed by atoms with Gasteiger partial charge in [-0.05, 0) is 62.2 Å². The molecule has 32 heavy (non-hydrogen) atoms. The first-order chi connectivity index (χ1) is 15.5. The zero-order valence-corrected chi connectivity index (χ0v) is 18.1. The molecule has 3 heterocycles. The normalized spacial score (nSPS) is 15.3. The Bertz CT molecular complexity index is 1390. The Morgan fingerprint density at radius 2 is 1.75 bits per heavy atom. The quantitative estimate of drug-likeness (QED) is 0.462. The van der Waals surface area contributed by atoms with Gasteiger partial charge in [-0.2, -0.15) is 0 Å². The molecule has 0 bridgehead atoms. The van der Waals surface area contributed by atoms with Gasteiger partial charge in [-0.25, -0.2) is 4.98 Å². The average molecular weight is 426 g/mol. The molecule has 2 aromatic carbocycles. The van der Waals surface area contributed by atoms with Crippen molar-refractivity contribution in [2.75, 3.05) is 11.5 Å². The van der Waals surface area contributed by atoms with Crippen molar-refractivity contribution < 1.29 is 13.9 Å². The molecule has 6 nitrogen and oxygen atoms in total. The molecule has 1 unspecified atom stereocenters. The second kappa shape index (κ2) is 7.64. The average Bonchev–Trinajstić information content (AvgIpc) is 3.08. The Labute approximate surface area is 185 Å². The van der Waals surface area contributed by atoms with Gasteiger partial charge in [0.15, 0.2) is 5.43 Å². The Morgan fingerprint density at radius 3 is 2.44 bits per heavy atom. The number of pyridine rings is 1. The maximum atomic E-state index is 13.6. The van der Waals surface area contributed by atoms with Gasteiger partial charge in [-0.3, -0.25) is 14.5 Å². The van der Waals surface area contributed by atoms with E-state index >= 15 is 0 Å². The summed E-state index contributed by atoms with van der Waals surface area (Å²) in [6.07, 6.45) is 1.70. The van der Waals surface area contributed by atoms with Crippen molar-refractivity contribution in [3.05, 3.63) is 99.0 Å². The second-order valence-electron chi connectivity index (χ2n) is 7.95. The summed E-state index contributed by atoms with van der Waals surface area (Å²) in [7, 11) is 0. The van der Waals surface area contributed by atoms with E-state index in [0.717, 1.165) is 22.4 Å². The van der Waals surface area contributed by atoms with Gasteiger partial charge in [-0.15, -0.1) is 0 Å². The molecule has 0 N–H and O–H groups in total. The van der Waals surface area contributed by atoms with Crippen molar-refractivity contribution >= 4 is 22.7 Å². The Morgan fingerprint density at radius 1 is 1.00 bits per heavy atom. The number of fused-ring (bicyclic) bond motifs is 2. The third-order valence-electron chi connectivity index (χ3n) is 5.68. The molecule has 0 saturated heterocycles. The highest BCUT2D eigenvalue weighted by molar-refractivity contribution is 6.10. The van der Waals surface area contributed by atoms with Crippen molar-refractivity contribution in [2.45, 2.75) is 26.8 Å². The third kappa shape index (κ3) is 3.15. The summed E-state index contributed by atoms with van der Waals surface area (Å²) in [5.74, 6) is 0.870. The lowest BCUT2D eigenvalue weighted by Crippen LogP contribution is -2.30. The SMILES string of the molecule is CCOc1ccc(C2c3c(oc4ccc(C)cc4c3=O)C(=O)N2c2ccc(C)cn2)cc1. The zero-order chi connectivity index (χ0) is 22.4. The topological polar surface area (TPSA) is 72.6 Å². The van der Waals surface area contributed by atoms with E-state index in [1.807, 2.05) is 57.2 Å². The maximum Gasteiger partial charge on any atom is 0.296 e. The van der Waals surface area contributed by atoms with Crippen molar-refractivity contribution in [2.24, 2.45) is 0 Å². The third-order valence-corrected chi connectivity index (χ3v) is 5.68. The van der Waals surface area contributed by atoms with E-state index in [4.69, 9.17) is 9.15 Å². The molecule has 0 fully saturated rings. The van der Waals surface area contributed by atoms with Crippen LogP contribution in [0.25, 0.3) is 11.0 Å². The molecule has 2 aromatic heterocycles. The molecule has 0 saturated carbocycles. The van der Waals surface area contributed by atoms with E-state index < -0.39 is 6.04 Å². The van der Waals surface area contributed by atoms with Crippen LogP contribution in [0.1, 0.15) is 45.8 Å². The number of benzene rings is 2. The number of nitrogens with zero attached hydrogens (tertiary/aromatic N) is 2. The van der Waals surface area contributed by atoms with Crippen LogP contribution in [0.2, 0.25) is 0 Å². The minimum absolute atomic E-state index is 0.0626. The van der Waals surface area contributed by atoms with Crippen molar-refractivity contribution in [3.8, 4) is 5.75 Å². The van der Waals surface area contributed by atoms with Crippen LogP contribution in [-0.4, -0.2) is 17.5 Å². The van der Waals surface area contributed by atoms with Gasteiger partial charge in [-0.1, -0.05) is 29.8 Å². The Hall–Kier alpha value is -3.93. The monoisotopic (exact) mass is 426 g/mol. The molecule has 6 heteroatoms. The number of rotatable bonds is 4. The second-order valence-corrected chi connectivity index (χ2v) is 7.95. The minimum atomic E-state index is -0.649. The van der Waals surface area contributed by atoms with Gasteiger partial charge in [0.1, 0.15) is 17.2 Å². The highest BCUT2D eigenvalue weighted by Gasteiger charge is 2.44. The lowest BCUT2D eigenvalue weighted by molar-refractivity contribution is 0.0970. The fourth-order valence-electron chi connectivity index (χ4n) is 4.15. The number of hydrogen-bond donors (Lipinski definition) is 0. The molecule has 0 aliphatic carbocycles. The van der Waals surface area contributed by atoms with Crippen molar-refractivity contribution in [3.63, 3.8) is 0 Å². The van der Waals surface area contributed by atoms with Crippen LogP contribution in [0.15, 0.2) is 70.0 Å². The number of anilines is 1. The van der Waals surface area contributed by atoms with E-state index in [0.29, 0.717) is 29.0 Å². The molecule has 1 amide bonds. The van der Waals surface area contributed by atoms with Crippen LogP contribution in [0.4, 0.5) is 5.82 Å². The molecule has 1 aliphatic rings. The molecular weight excluding hydrogens is 404 g/mol. The molecule has 0 radical (unpaired) electrons. The van der Waals surface area contributed by atoms with Crippen LogP contribution >= 0.6 is 0 Å². The number of aryl methyl sites for hydroxylation is 2. The largest absolute Gasteiger partial charge is 0.494 e. The zero-order valence-electron chi connectivity index (χ0n) is 18.1. The first-order valence-electron chi connectivity index (χ1n) is 10.5. The number of amides is 1. The van der Waals surface area contributed by atoms with Crippen LogP contribution in [0.5, 0.6) is 5.75 Å². The van der Waals surface area contributed by atoms with E-state index in [2.05, 4.69) is 4.98 Å². The summed E-state index contributed by atoms with van der Waals surface area (Å²) in [4.78, 5) is 33.1. The molecule has 5 rings (SSSR count). The molecule has 1 atom stereocenters. The van der Waals surface area contributed by atoms with E-state index in [9.17, 15) is 9.59 Å².